The number of nitrogens with zero attached hydrogens (tertiary/aromatic N) is 1. The molecular weight excluding hydrogens is 358 g/mol. The number of aryl methyl sites for hydroxylation is 2. The maximum absolute atomic E-state index is 8.77. The van der Waals surface area contributed by atoms with Gasteiger partial charge in [0.1, 0.15) is 23.2 Å². The standard InChI is InChI=1S/C26H25NO2/c1-3-4-5-9-23-22-8-6-7-10-25(22)29-26(23)20-11-13-21-18(2)24(28-16-15-27)14-12-19(21)17-20/h6-8,10-14,17H,3-5,9,16H2,1-2H3. The third-order valence-corrected chi connectivity index (χ3v) is 5.52. The van der Waals surface area contributed by atoms with E-state index in [9.17, 15) is 0 Å². The lowest BCUT2D eigenvalue weighted by Crippen LogP contribution is -1.96. The molecule has 3 aromatic carbocycles. The molecule has 0 saturated heterocycles. The Morgan fingerprint density at radius 1 is 1.00 bits per heavy atom. The summed E-state index contributed by atoms with van der Waals surface area (Å²) in [5.74, 6) is 1.74. The van der Waals surface area contributed by atoms with Crippen LogP contribution in [-0.2, 0) is 6.42 Å². The molecule has 0 radical (unpaired) electrons. The van der Waals surface area contributed by atoms with E-state index < -0.39 is 0 Å². The second-order valence-corrected chi connectivity index (χ2v) is 7.43. The molecule has 3 nitrogen and oxygen atoms in total. The number of hydrogen-bond donors (Lipinski definition) is 0. The van der Waals surface area contributed by atoms with Crippen molar-refractivity contribution in [1.29, 1.82) is 5.26 Å². The predicted octanol–water partition coefficient (Wildman–Crippen LogP) is 7.20. The summed E-state index contributed by atoms with van der Waals surface area (Å²) in [7, 11) is 0. The summed E-state index contributed by atoms with van der Waals surface area (Å²) < 4.78 is 11.9. The number of fused-ring (bicyclic) bond motifs is 2. The van der Waals surface area contributed by atoms with Gasteiger partial charge in [-0.2, -0.15) is 5.26 Å². The number of furan rings is 1. The molecule has 4 rings (SSSR count). The average Bonchev–Trinajstić information content (AvgIpc) is 3.12. The monoisotopic (exact) mass is 383 g/mol. The Morgan fingerprint density at radius 2 is 1.86 bits per heavy atom. The smallest absolute Gasteiger partial charge is 0.174 e. The van der Waals surface area contributed by atoms with Crippen LogP contribution in [0.5, 0.6) is 5.75 Å². The van der Waals surface area contributed by atoms with Crippen molar-refractivity contribution < 1.29 is 9.15 Å². The second kappa shape index (κ2) is 8.41. The van der Waals surface area contributed by atoms with Crippen LogP contribution < -0.4 is 4.74 Å². The molecule has 0 aliphatic rings. The van der Waals surface area contributed by atoms with Crippen molar-refractivity contribution >= 4 is 21.7 Å². The molecule has 1 aromatic heterocycles. The summed E-state index contributed by atoms with van der Waals surface area (Å²) in [4.78, 5) is 0. The molecule has 3 heteroatoms. The molecule has 0 aliphatic heterocycles. The van der Waals surface area contributed by atoms with Gasteiger partial charge in [-0.25, -0.2) is 0 Å². The predicted molar refractivity (Wildman–Crippen MR) is 118 cm³/mol. The van der Waals surface area contributed by atoms with E-state index in [0.717, 1.165) is 45.4 Å². The molecule has 0 bridgehead atoms. The number of nitriles is 1. The molecule has 0 N–H and O–H groups in total. The average molecular weight is 383 g/mol. The minimum atomic E-state index is 0.0601. The molecular formula is C26H25NO2. The molecule has 0 atom stereocenters. The molecule has 0 spiro atoms. The van der Waals surface area contributed by atoms with Crippen LogP contribution in [0.1, 0.15) is 37.3 Å². The summed E-state index contributed by atoms with van der Waals surface area (Å²) in [6, 6.07) is 20.8. The van der Waals surface area contributed by atoms with Gasteiger partial charge in [-0.3, -0.25) is 0 Å². The van der Waals surface area contributed by atoms with Crippen molar-refractivity contribution in [3.05, 3.63) is 65.7 Å². The molecule has 4 aromatic rings. The van der Waals surface area contributed by atoms with E-state index in [4.69, 9.17) is 14.4 Å². The first-order chi connectivity index (χ1) is 14.2. The molecule has 0 unspecified atom stereocenters. The lowest BCUT2D eigenvalue weighted by molar-refractivity contribution is 0.366. The minimum Gasteiger partial charge on any atom is -0.478 e. The quantitative estimate of drug-likeness (QED) is 0.317. The van der Waals surface area contributed by atoms with Gasteiger partial charge in [-0.1, -0.05) is 56.2 Å². The number of benzene rings is 3. The largest absolute Gasteiger partial charge is 0.478 e. The molecule has 0 aliphatic carbocycles. The van der Waals surface area contributed by atoms with Gasteiger partial charge in [0.05, 0.1) is 0 Å². The summed E-state index contributed by atoms with van der Waals surface area (Å²) in [5, 5.41) is 12.3. The van der Waals surface area contributed by atoms with Crippen molar-refractivity contribution in [3.8, 4) is 23.1 Å². The lowest BCUT2D eigenvalue weighted by atomic mass is 9.97. The Balaban J connectivity index is 1.79. The van der Waals surface area contributed by atoms with Crippen LogP contribution in [0.15, 0.2) is 59.0 Å². The molecule has 0 fully saturated rings. The van der Waals surface area contributed by atoms with Crippen molar-refractivity contribution in [2.24, 2.45) is 0 Å². The van der Waals surface area contributed by atoms with E-state index in [1.165, 1.54) is 30.2 Å². The summed E-state index contributed by atoms with van der Waals surface area (Å²) in [6.45, 7) is 4.32. The van der Waals surface area contributed by atoms with Gasteiger partial charge in [-0.05, 0) is 54.3 Å². The highest BCUT2D eigenvalue weighted by Crippen LogP contribution is 2.37. The minimum absolute atomic E-state index is 0.0601. The normalized spacial score (nSPS) is 11.1. The van der Waals surface area contributed by atoms with Crippen molar-refractivity contribution in [3.63, 3.8) is 0 Å². The topological polar surface area (TPSA) is 46.2 Å². The fourth-order valence-corrected chi connectivity index (χ4v) is 4.00. The zero-order chi connectivity index (χ0) is 20.2. The van der Waals surface area contributed by atoms with Gasteiger partial charge in [0, 0.05) is 16.5 Å². The van der Waals surface area contributed by atoms with Crippen LogP contribution in [0.3, 0.4) is 0 Å². The van der Waals surface area contributed by atoms with Gasteiger partial charge in [0.25, 0.3) is 0 Å². The number of unbranched alkanes of at least 4 members (excludes halogenated alkanes) is 2. The number of para-hydroxylation sites is 1. The van der Waals surface area contributed by atoms with E-state index in [1.807, 2.05) is 31.2 Å². The number of rotatable bonds is 7. The Morgan fingerprint density at radius 3 is 2.69 bits per heavy atom. The fraction of sp³-hybridized carbons (Fsp3) is 0.269. The highest BCUT2D eigenvalue weighted by atomic mass is 16.5. The van der Waals surface area contributed by atoms with Crippen molar-refractivity contribution in [2.45, 2.75) is 39.5 Å². The van der Waals surface area contributed by atoms with Gasteiger partial charge in [-0.15, -0.1) is 0 Å². The van der Waals surface area contributed by atoms with E-state index in [2.05, 4.69) is 43.3 Å². The summed E-state index contributed by atoms with van der Waals surface area (Å²) >= 11 is 0. The maximum atomic E-state index is 8.77. The van der Waals surface area contributed by atoms with Gasteiger partial charge in [0.2, 0.25) is 0 Å². The SMILES string of the molecule is CCCCCc1c(-c2ccc3c(C)c(OCC#N)ccc3c2)oc2ccccc12. The first kappa shape index (κ1) is 19.1. The first-order valence-corrected chi connectivity index (χ1v) is 10.3. The van der Waals surface area contributed by atoms with Crippen LogP contribution in [-0.4, -0.2) is 6.61 Å². The van der Waals surface area contributed by atoms with Gasteiger partial charge in [0.15, 0.2) is 6.61 Å². The van der Waals surface area contributed by atoms with Gasteiger partial charge >= 0.3 is 0 Å². The molecule has 1 heterocycles. The van der Waals surface area contributed by atoms with Crippen LogP contribution >= 0.6 is 0 Å². The highest BCUT2D eigenvalue weighted by molar-refractivity contribution is 5.93. The maximum Gasteiger partial charge on any atom is 0.174 e. The Labute approximate surface area is 171 Å². The molecule has 0 saturated carbocycles. The van der Waals surface area contributed by atoms with Crippen molar-refractivity contribution in [1.82, 2.24) is 0 Å². The third-order valence-electron chi connectivity index (χ3n) is 5.52. The van der Waals surface area contributed by atoms with Crippen LogP contribution in [0.4, 0.5) is 0 Å². The van der Waals surface area contributed by atoms with Crippen LogP contribution in [0.25, 0.3) is 33.1 Å². The van der Waals surface area contributed by atoms with Crippen LogP contribution in [0.2, 0.25) is 0 Å². The summed E-state index contributed by atoms with van der Waals surface area (Å²) in [5.41, 5.74) is 4.41. The third kappa shape index (κ3) is 3.71. The zero-order valence-corrected chi connectivity index (χ0v) is 17.0. The Hall–Kier alpha value is -3.25. The van der Waals surface area contributed by atoms with E-state index in [1.54, 1.807) is 0 Å². The molecule has 0 amide bonds. The van der Waals surface area contributed by atoms with E-state index in [0.29, 0.717) is 0 Å². The Bertz CT molecular complexity index is 1200. The van der Waals surface area contributed by atoms with Gasteiger partial charge < -0.3 is 9.15 Å². The first-order valence-electron chi connectivity index (χ1n) is 10.3. The number of ether oxygens (including phenoxy) is 1. The molecule has 146 valence electrons. The molecule has 29 heavy (non-hydrogen) atoms. The van der Waals surface area contributed by atoms with Crippen LogP contribution in [0, 0.1) is 18.3 Å². The zero-order valence-electron chi connectivity index (χ0n) is 17.0. The number of hydrogen-bond acceptors (Lipinski definition) is 3. The summed E-state index contributed by atoms with van der Waals surface area (Å²) in [6.07, 6.45) is 4.62. The van der Waals surface area contributed by atoms with E-state index in [-0.39, 0.29) is 6.61 Å². The lowest BCUT2D eigenvalue weighted by Gasteiger charge is -2.10. The Kier molecular flexibility index (Phi) is 5.53. The fourth-order valence-electron chi connectivity index (χ4n) is 4.00. The highest BCUT2D eigenvalue weighted by Gasteiger charge is 2.16. The second-order valence-electron chi connectivity index (χ2n) is 7.43. The van der Waals surface area contributed by atoms with E-state index >= 15 is 0 Å². The van der Waals surface area contributed by atoms with Crippen molar-refractivity contribution in [2.75, 3.05) is 6.61 Å².